The van der Waals surface area contributed by atoms with Gasteiger partial charge in [0.2, 0.25) is 5.95 Å². The van der Waals surface area contributed by atoms with Crippen LogP contribution in [-0.4, -0.2) is 26.5 Å². The van der Waals surface area contributed by atoms with Crippen molar-refractivity contribution >= 4 is 23.0 Å². The smallest absolute Gasteiger partial charge is 0.260 e. The molecule has 0 aliphatic carbocycles. The zero-order valence-corrected chi connectivity index (χ0v) is 11.6. The van der Waals surface area contributed by atoms with Crippen molar-refractivity contribution < 1.29 is 4.79 Å². The fourth-order valence-corrected chi connectivity index (χ4v) is 2.85. The van der Waals surface area contributed by atoms with Crippen LogP contribution in [0.25, 0.3) is 11.2 Å². The highest BCUT2D eigenvalue weighted by atomic mass is 16.2. The number of nitrogens with zero attached hydrogens (tertiary/aromatic N) is 4. The molecule has 1 amide bonds. The summed E-state index contributed by atoms with van der Waals surface area (Å²) in [5, 5.41) is 0. The molecule has 0 bridgehead atoms. The van der Waals surface area contributed by atoms with Gasteiger partial charge in [0, 0.05) is 18.3 Å². The summed E-state index contributed by atoms with van der Waals surface area (Å²) in [5.41, 5.74) is 2.34. The average molecular weight is 278 g/mol. The van der Waals surface area contributed by atoms with Crippen molar-refractivity contribution in [3.05, 3.63) is 54.2 Å². The zero-order chi connectivity index (χ0) is 14.4. The summed E-state index contributed by atoms with van der Waals surface area (Å²) in [5.74, 6) is 0.669. The predicted octanol–water partition coefficient (Wildman–Crippen LogP) is 2.48. The van der Waals surface area contributed by atoms with E-state index in [0.717, 1.165) is 17.7 Å². The first kappa shape index (κ1) is 12.1. The molecule has 5 nitrogen and oxygen atoms in total. The van der Waals surface area contributed by atoms with E-state index in [1.165, 1.54) is 0 Å². The normalized spacial score (nSPS) is 17.2. The first-order chi connectivity index (χ1) is 10.3. The van der Waals surface area contributed by atoms with Gasteiger partial charge in [-0.3, -0.25) is 14.3 Å². The Balaban J connectivity index is 1.83. The molecule has 3 heterocycles. The second-order valence-corrected chi connectivity index (χ2v) is 5.26. The monoisotopic (exact) mass is 278 g/mol. The second-order valence-electron chi connectivity index (χ2n) is 5.26. The molecule has 1 aromatic carbocycles. The van der Waals surface area contributed by atoms with E-state index >= 15 is 0 Å². The molecule has 0 saturated carbocycles. The van der Waals surface area contributed by atoms with E-state index in [0.29, 0.717) is 11.5 Å². The lowest BCUT2D eigenvalue weighted by Crippen LogP contribution is -2.36. The Labute approximate surface area is 121 Å². The van der Waals surface area contributed by atoms with Crippen LogP contribution in [0.2, 0.25) is 0 Å². The van der Waals surface area contributed by atoms with E-state index in [1.807, 2.05) is 54.0 Å². The molecule has 4 rings (SSSR count). The standard InChI is InChI=1S/C16H14N4O/c1-11-10-19-14-13(8-5-9-17-14)18-16(19)20(11)15(21)12-6-3-2-4-7-12/h2-9,11H,10H2,1H3. The van der Waals surface area contributed by atoms with Crippen LogP contribution in [0.5, 0.6) is 0 Å². The summed E-state index contributed by atoms with van der Waals surface area (Å²) >= 11 is 0. The maximum atomic E-state index is 12.7. The predicted molar refractivity (Wildman–Crippen MR) is 80.2 cm³/mol. The van der Waals surface area contributed by atoms with Crippen LogP contribution in [0.1, 0.15) is 17.3 Å². The Hall–Kier alpha value is -2.69. The second kappa shape index (κ2) is 4.41. The highest BCUT2D eigenvalue weighted by molar-refractivity contribution is 6.06. The molecule has 21 heavy (non-hydrogen) atoms. The molecule has 1 aliphatic heterocycles. The number of aromatic nitrogens is 3. The van der Waals surface area contributed by atoms with Crippen LogP contribution in [0, 0.1) is 0 Å². The van der Waals surface area contributed by atoms with Gasteiger partial charge < -0.3 is 0 Å². The first-order valence-electron chi connectivity index (χ1n) is 6.95. The number of rotatable bonds is 1. The summed E-state index contributed by atoms with van der Waals surface area (Å²) < 4.78 is 2.01. The molecule has 0 N–H and O–H groups in total. The topological polar surface area (TPSA) is 51.0 Å². The molecule has 5 heteroatoms. The average Bonchev–Trinajstić information content (AvgIpc) is 3.02. The Kier molecular flexibility index (Phi) is 2.54. The molecular formula is C16H14N4O. The van der Waals surface area contributed by atoms with Crippen molar-refractivity contribution in [1.29, 1.82) is 0 Å². The fraction of sp³-hybridized carbons (Fsp3) is 0.188. The molecule has 0 spiro atoms. The van der Waals surface area contributed by atoms with E-state index in [4.69, 9.17) is 0 Å². The number of hydrogen-bond donors (Lipinski definition) is 0. The quantitative estimate of drug-likeness (QED) is 0.687. The summed E-state index contributed by atoms with van der Waals surface area (Å²) in [4.78, 5) is 23.5. The Morgan fingerprint density at radius 1 is 1.19 bits per heavy atom. The van der Waals surface area contributed by atoms with Crippen LogP contribution in [0.3, 0.4) is 0 Å². The lowest BCUT2D eigenvalue weighted by Gasteiger charge is -2.19. The summed E-state index contributed by atoms with van der Waals surface area (Å²) in [6, 6.07) is 13.2. The third kappa shape index (κ3) is 1.74. The number of hydrogen-bond acceptors (Lipinski definition) is 3. The van der Waals surface area contributed by atoms with E-state index in [1.54, 1.807) is 11.1 Å². The van der Waals surface area contributed by atoms with Crippen molar-refractivity contribution in [2.45, 2.75) is 19.5 Å². The van der Waals surface area contributed by atoms with E-state index in [9.17, 15) is 4.79 Å². The number of amides is 1. The SMILES string of the molecule is CC1Cn2c(nc3cccnc32)N1C(=O)c1ccccc1. The van der Waals surface area contributed by atoms with E-state index in [2.05, 4.69) is 9.97 Å². The number of fused-ring (bicyclic) bond motifs is 3. The molecule has 0 radical (unpaired) electrons. The van der Waals surface area contributed by atoms with Gasteiger partial charge >= 0.3 is 0 Å². The molecular weight excluding hydrogens is 264 g/mol. The van der Waals surface area contributed by atoms with Crippen molar-refractivity contribution in [1.82, 2.24) is 14.5 Å². The molecule has 2 aromatic heterocycles. The molecule has 0 fully saturated rings. The lowest BCUT2D eigenvalue weighted by atomic mass is 10.2. The van der Waals surface area contributed by atoms with Gasteiger partial charge in [-0.25, -0.2) is 9.97 Å². The summed E-state index contributed by atoms with van der Waals surface area (Å²) in [6.07, 6.45) is 1.75. The van der Waals surface area contributed by atoms with Gasteiger partial charge in [-0.2, -0.15) is 0 Å². The van der Waals surface area contributed by atoms with Crippen LogP contribution in [0.15, 0.2) is 48.7 Å². The van der Waals surface area contributed by atoms with Crippen LogP contribution in [-0.2, 0) is 6.54 Å². The molecule has 1 aliphatic rings. The maximum Gasteiger partial charge on any atom is 0.260 e. The minimum atomic E-state index is -0.0165. The minimum Gasteiger partial charge on any atom is -0.292 e. The van der Waals surface area contributed by atoms with E-state index < -0.39 is 0 Å². The Morgan fingerprint density at radius 3 is 2.81 bits per heavy atom. The third-order valence-corrected chi connectivity index (χ3v) is 3.83. The van der Waals surface area contributed by atoms with Gasteiger partial charge in [0.15, 0.2) is 5.65 Å². The Morgan fingerprint density at radius 2 is 2.00 bits per heavy atom. The molecule has 3 aromatic rings. The van der Waals surface area contributed by atoms with Gasteiger partial charge in [-0.05, 0) is 31.2 Å². The van der Waals surface area contributed by atoms with Crippen molar-refractivity contribution in [2.24, 2.45) is 0 Å². The number of pyridine rings is 1. The highest BCUT2D eigenvalue weighted by Crippen LogP contribution is 2.30. The Bertz CT molecular complexity index is 825. The first-order valence-corrected chi connectivity index (χ1v) is 6.95. The van der Waals surface area contributed by atoms with Crippen molar-refractivity contribution in [2.75, 3.05) is 4.90 Å². The summed E-state index contributed by atoms with van der Waals surface area (Å²) in [6.45, 7) is 2.76. The van der Waals surface area contributed by atoms with Gasteiger partial charge in [-0.1, -0.05) is 18.2 Å². The molecule has 1 unspecified atom stereocenters. The fourth-order valence-electron chi connectivity index (χ4n) is 2.85. The van der Waals surface area contributed by atoms with Crippen molar-refractivity contribution in [3.63, 3.8) is 0 Å². The third-order valence-electron chi connectivity index (χ3n) is 3.83. The number of imidazole rings is 1. The number of anilines is 1. The number of benzene rings is 1. The lowest BCUT2D eigenvalue weighted by molar-refractivity contribution is 0.0981. The van der Waals surface area contributed by atoms with E-state index in [-0.39, 0.29) is 11.9 Å². The molecule has 104 valence electrons. The number of carbonyl (C=O) groups is 1. The minimum absolute atomic E-state index is 0.0165. The molecule has 1 atom stereocenters. The number of carbonyl (C=O) groups excluding carboxylic acids is 1. The van der Waals surface area contributed by atoms with Gasteiger partial charge in [0.05, 0.1) is 6.04 Å². The maximum absolute atomic E-state index is 12.7. The zero-order valence-electron chi connectivity index (χ0n) is 11.6. The summed E-state index contributed by atoms with van der Waals surface area (Å²) in [7, 11) is 0. The van der Waals surface area contributed by atoms with Gasteiger partial charge in [0.25, 0.3) is 5.91 Å². The van der Waals surface area contributed by atoms with Gasteiger partial charge in [-0.15, -0.1) is 0 Å². The van der Waals surface area contributed by atoms with Gasteiger partial charge in [0.1, 0.15) is 5.52 Å². The highest BCUT2D eigenvalue weighted by Gasteiger charge is 2.34. The largest absolute Gasteiger partial charge is 0.292 e. The van der Waals surface area contributed by atoms with Crippen LogP contribution < -0.4 is 4.90 Å². The van der Waals surface area contributed by atoms with Crippen LogP contribution in [0.4, 0.5) is 5.95 Å². The van der Waals surface area contributed by atoms with Crippen LogP contribution >= 0.6 is 0 Å². The molecule has 0 saturated heterocycles. The van der Waals surface area contributed by atoms with Crippen molar-refractivity contribution in [3.8, 4) is 0 Å².